The molecule has 2 heterocycles. The van der Waals surface area contributed by atoms with Crippen LogP contribution >= 0.6 is 11.6 Å². The molecule has 2 aromatic rings. The Balaban J connectivity index is 2.79. The zero-order valence-electron chi connectivity index (χ0n) is 6.37. The molecule has 2 rings (SSSR count). The predicted molar refractivity (Wildman–Crippen MR) is 49.1 cm³/mol. The Kier molecular flexibility index (Phi) is 1.92. The molecule has 3 heteroatoms. The summed E-state index contributed by atoms with van der Waals surface area (Å²) in [5.74, 6) is 0.482. The average Bonchev–Trinajstić information content (AvgIpc) is 2.17. The first-order valence-electron chi connectivity index (χ1n) is 3.66. The van der Waals surface area contributed by atoms with E-state index < -0.39 is 0 Å². The maximum Gasteiger partial charge on any atom is 0.0930 e. The van der Waals surface area contributed by atoms with Crippen molar-refractivity contribution in [1.29, 1.82) is 0 Å². The van der Waals surface area contributed by atoms with E-state index in [1.54, 1.807) is 12.4 Å². The molecule has 0 unspecified atom stereocenters. The highest BCUT2D eigenvalue weighted by atomic mass is 35.5. The lowest BCUT2D eigenvalue weighted by Gasteiger charge is -1.99. The van der Waals surface area contributed by atoms with Crippen molar-refractivity contribution in [2.24, 2.45) is 0 Å². The second-order valence-electron chi connectivity index (χ2n) is 2.47. The number of hydrogen-bond donors (Lipinski definition) is 0. The Morgan fingerprint density at radius 1 is 1.17 bits per heavy atom. The summed E-state index contributed by atoms with van der Waals surface area (Å²) in [6.45, 7) is 0. The Bertz CT molecular complexity index is 395. The highest BCUT2D eigenvalue weighted by molar-refractivity contribution is 6.17. The predicted octanol–water partition coefficient (Wildman–Crippen LogP) is 2.37. The second-order valence-corrected chi connectivity index (χ2v) is 2.74. The molecule has 0 aliphatic carbocycles. The van der Waals surface area contributed by atoms with Crippen LogP contribution in [0.4, 0.5) is 0 Å². The van der Waals surface area contributed by atoms with E-state index in [1.807, 2.05) is 18.2 Å². The number of fused-ring (bicyclic) bond motifs is 1. The number of rotatable bonds is 1. The normalized spacial score (nSPS) is 10.4. The van der Waals surface area contributed by atoms with Crippen molar-refractivity contribution >= 4 is 22.6 Å². The smallest absolute Gasteiger partial charge is 0.0930 e. The van der Waals surface area contributed by atoms with Crippen LogP contribution in [0, 0.1) is 0 Å². The lowest BCUT2D eigenvalue weighted by molar-refractivity contribution is 1.28. The van der Waals surface area contributed by atoms with Crippen LogP contribution in [0.1, 0.15) is 5.56 Å². The Morgan fingerprint density at radius 2 is 2.08 bits per heavy atom. The minimum atomic E-state index is 0.482. The summed E-state index contributed by atoms with van der Waals surface area (Å²) in [7, 11) is 0. The summed E-state index contributed by atoms with van der Waals surface area (Å²) in [4.78, 5) is 8.37. The van der Waals surface area contributed by atoms with Crippen molar-refractivity contribution in [3.8, 4) is 0 Å². The van der Waals surface area contributed by atoms with Gasteiger partial charge in [0.25, 0.3) is 0 Å². The molecule has 0 saturated heterocycles. The first kappa shape index (κ1) is 7.50. The maximum atomic E-state index is 5.74. The first-order valence-corrected chi connectivity index (χ1v) is 4.20. The molecule has 0 fully saturated rings. The van der Waals surface area contributed by atoms with Crippen LogP contribution < -0.4 is 0 Å². The monoisotopic (exact) mass is 178 g/mol. The largest absolute Gasteiger partial charge is 0.255 e. The lowest BCUT2D eigenvalue weighted by Crippen LogP contribution is -1.87. The highest BCUT2D eigenvalue weighted by Gasteiger charge is 1.99. The van der Waals surface area contributed by atoms with Crippen LogP contribution in [0.3, 0.4) is 0 Å². The SMILES string of the molecule is ClCc1ccnc2cccnc12. The van der Waals surface area contributed by atoms with E-state index in [-0.39, 0.29) is 0 Å². The zero-order valence-corrected chi connectivity index (χ0v) is 7.12. The van der Waals surface area contributed by atoms with E-state index in [1.165, 1.54) is 0 Å². The maximum absolute atomic E-state index is 5.74. The van der Waals surface area contributed by atoms with E-state index >= 15 is 0 Å². The molecule has 0 amide bonds. The van der Waals surface area contributed by atoms with Gasteiger partial charge < -0.3 is 0 Å². The van der Waals surface area contributed by atoms with Crippen LogP contribution in [0.5, 0.6) is 0 Å². The van der Waals surface area contributed by atoms with E-state index in [4.69, 9.17) is 11.6 Å². The number of halogens is 1. The van der Waals surface area contributed by atoms with Crippen LogP contribution in [0.25, 0.3) is 11.0 Å². The number of hydrogen-bond acceptors (Lipinski definition) is 2. The van der Waals surface area contributed by atoms with Gasteiger partial charge in [-0.15, -0.1) is 11.6 Å². The van der Waals surface area contributed by atoms with Gasteiger partial charge in [0.1, 0.15) is 0 Å². The molecular weight excluding hydrogens is 172 g/mol. The van der Waals surface area contributed by atoms with Gasteiger partial charge in [0, 0.05) is 18.3 Å². The summed E-state index contributed by atoms with van der Waals surface area (Å²) < 4.78 is 0. The van der Waals surface area contributed by atoms with Gasteiger partial charge in [-0.05, 0) is 23.8 Å². The van der Waals surface area contributed by atoms with E-state index in [0.717, 1.165) is 16.6 Å². The summed E-state index contributed by atoms with van der Waals surface area (Å²) in [5.41, 5.74) is 2.83. The van der Waals surface area contributed by atoms with Gasteiger partial charge in [-0.25, -0.2) is 0 Å². The summed E-state index contributed by atoms with van der Waals surface area (Å²) in [6, 6.07) is 5.69. The third-order valence-electron chi connectivity index (χ3n) is 1.72. The van der Waals surface area contributed by atoms with Crippen molar-refractivity contribution in [2.75, 3.05) is 0 Å². The highest BCUT2D eigenvalue weighted by Crippen LogP contribution is 2.14. The van der Waals surface area contributed by atoms with Gasteiger partial charge in [-0.2, -0.15) is 0 Å². The third kappa shape index (κ3) is 1.14. The van der Waals surface area contributed by atoms with Gasteiger partial charge >= 0.3 is 0 Å². The standard InChI is InChI=1S/C9H7ClN2/c10-6-7-3-5-11-8-2-1-4-12-9(7)8/h1-5H,6H2. The van der Waals surface area contributed by atoms with Crippen molar-refractivity contribution in [1.82, 2.24) is 9.97 Å². The topological polar surface area (TPSA) is 25.8 Å². The summed E-state index contributed by atoms with van der Waals surface area (Å²) in [5, 5.41) is 0. The molecule has 12 heavy (non-hydrogen) atoms. The number of aromatic nitrogens is 2. The molecule has 0 aliphatic rings. The fourth-order valence-electron chi connectivity index (χ4n) is 1.14. The van der Waals surface area contributed by atoms with E-state index in [9.17, 15) is 0 Å². The van der Waals surface area contributed by atoms with Gasteiger partial charge in [-0.1, -0.05) is 0 Å². The minimum Gasteiger partial charge on any atom is -0.255 e. The Labute approximate surface area is 75.2 Å². The molecule has 0 radical (unpaired) electrons. The number of pyridine rings is 2. The molecule has 0 aliphatic heterocycles. The molecule has 0 N–H and O–H groups in total. The molecule has 0 spiro atoms. The summed E-state index contributed by atoms with van der Waals surface area (Å²) >= 11 is 5.74. The molecule has 2 nitrogen and oxygen atoms in total. The molecule has 0 saturated carbocycles. The number of nitrogens with zero attached hydrogens (tertiary/aromatic N) is 2. The van der Waals surface area contributed by atoms with Gasteiger partial charge in [-0.3, -0.25) is 9.97 Å². The summed E-state index contributed by atoms with van der Waals surface area (Å²) in [6.07, 6.45) is 3.50. The fourth-order valence-corrected chi connectivity index (χ4v) is 1.36. The van der Waals surface area contributed by atoms with Crippen molar-refractivity contribution in [3.05, 3.63) is 36.2 Å². The third-order valence-corrected chi connectivity index (χ3v) is 2.01. The molecule has 60 valence electrons. The van der Waals surface area contributed by atoms with E-state index in [0.29, 0.717) is 5.88 Å². The Morgan fingerprint density at radius 3 is 2.92 bits per heavy atom. The molecule has 0 atom stereocenters. The van der Waals surface area contributed by atoms with Gasteiger partial charge in [0.05, 0.1) is 11.0 Å². The molecular formula is C9H7ClN2. The average molecular weight is 179 g/mol. The minimum absolute atomic E-state index is 0.482. The zero-order chi connectivity index (χ0) is 8.39. The van der Waals surface area contributed by atoms with Crippen LogP contribution in [-0.4, -0.2) is 9.97 Å². The second kappa shape index (κ2) is 3.07. The molecule has 0 aromatic carbocycles. The molecule has 0 bridgehead atoms. The Hall–Kier alpha value is -1.15. The van der Waals surface area contributed by atoms with Crippen LogP contribution in [0.15, 0.2) is 30.6 Å². The number of alkyl halides is 1. The van der Waals surface area contributed by atoms with Crippen LogP contribution in [-0.2, 0) is 5.88 Å². The van der Waals surface area contributed by atoms with Gasteiger partial charge in [0.15, 0.2) is 0 Å². The van der Waals surface area contributed by atoms with Gasteiger partial charge in [0.2, 0.25) is 0 Å². The lowest BCUT2D eigenvalue weighted by atomic mass is 10.2. The quantitative estimate of drug-likeness (QED) is 0.627. The first-order chi connectivity index (χ1) is 5.92. The van der Waals surface area contributed by atoms with Crippen molar-refractivity contribution < 1.29 is 0 Å². The van der Waals surface area contributed by atoms with Crippen LogP contribution in [0.2, 0.25) is 0 Å². The van der Waals surface area contributed by atoms with Crippen molar-refractivity contribution in [3.63, 3.8) is 0 Å². The van der Waals surface area contributed by atoms with Crippen molar-refractivity contribution in [2.45, 2.75) is 5.88 Å². The molecule has 2 aromatic heterocycles. The fraction of sp³-hybridized carbons (Fsp3) is 0.111. The van der Waals surface area contributed by atoms with E-state index in [2.05, 4.69) is 9.97 Å².